The molecule has 5 heteroatoms. The van der Waals surface area contributed by atoms with Crippen molar-refractivity contribution in [1.29, 1.82) is 0 Å². The lowest BCUT2D eigenvalue weighted by Crippen LogP contribution is -2.38. The molecule has 1 aliphatic rings. The van der Waals surface area contributed by atoms with Gasteiger partial charge in [-0.1, -0.05) is 50.1 Å². The Bertz CT molecular complexity index is 705. The molecule has 1 atom stereocenters. The second-order valence-electron chi connectivity index (χ2n) is 6.96. The number of nitrogens with one attached hydrogen (secondary N) is 1. The molecule has 1 aromatic carbocycles. The van der Waals surface area contributed by atoms with E-state index in [9.17, 15) is 4.79 Å². The second-order valence-corrected chi connectivity index (χ2v) is 8.05. The highest BCUT2D eigenvalue weighted by atomic mass is 32.1. The maximum absolute atomic E-state index is 12.7. The predicted octanol–water partition coefficient (Wildman–Crippen LogP) is 4.36. The second kappa shape index (κ2) is 9.28. The van der Waals surface area contributed by atoms with Gasteiger partial charge in [0, 0.05) is 6.54 Å². The third kappa shape index (κ3) is 4.71. The molecule has 0 unspecified atom stereocenters. The van der Waals surface area contributed by atoms with Crippen LogP contribution in [0.4, 0.5) is 0 Å². The molecule has 0 saturated carbocycles. The maximum Gasteiger partial charge on any atom is 0.263 e. The number of nitrogens with zero attached hydrogens (tertiary/aromatic N) is 2. The summed E-state index contributed by atoms with van der Waals surface area (Å²) in [6.45, 7) is 6.85. The number of aryl methyl sites for hydroxylation is 2. The summed E-state index contributed by atoms with van der Waals surface area (Å²) in [7, 11) is 0. The van der Waals surface area contributed by atoms with E-state index in [0.717, 1.165) is 35.1 Å². The Morgan fingerprint density at radius 3 is 2.50 bits per heavy atom. The van der Waals surface area contributed by atoms with Crippen molar-refractivity contribution < 1.29 is 4.79 Å². The Hall–Kier alpha value is -1.72. The third-order valence-corrected chi connectivity index (χ3v) is 6.37. The van der Waals surface area contributed by atoms with Gasteiger partial charge in [-0.25, -0.2) is 4.98 Å². The number of thiazole rings is 1. The normalized spacial score (nSPS) is 16.8. The minimum Gasteiger partial charge on any atom is -0.349 e. The van der Waals surface area contributed by atoms with Crippen LogP contribution in [0.3, 0.4) is 0 Å². The summed E-state index contributed by atoms with van der Waals surface area (Å²) in [6, 6.07) is 10.8. The Kier molecular flexibility index (Phi) is 6.80. The number of aromatic nitrogens is 1. The standard InChI is InChI=1S/C21H29N3OS/c1-3-19-23-16(2)20(26-19)21(25)22-15-18(17-11-7-6-8-12-17)24-13-9-4-5-10-14-24/h6-8,11-12,18H,3-5,9-10,13-15H2,1-2H3,(H,22,25)/t18-/m0/s1. The number of amides is 1. The van der Waals surface area contributed by atoms with Gasteiger partial charge in [0.1, 0.15) is 4.88 Å². The fraction of sp³-hybridized carbons (Fsp3) is 0.524. The van der Waals surface area contributed by atoms with E-state index in [4.69, 9.17) is 0 Å². The monoisotopic (exact) mass is 371 g/mol. The minimum absolute atomic E-state index is 0.00968. The average Bonchev–Trinajstić information content (AvgIpc) is 2.86. The molecule has 140 valence electrons. The molecule has 1 fully saturated rings. The molecule has 1 aromatic heterocycles. The summed E-state index contributed by atoms with van der Waals surface area (Å²) >= 11 is 1.52. The molecule has 1 aliphatic heterocycles. The van der Waals surface area contributed by atoms with Crippen molar-refractivity contribution >= 4 is 17.2 Å². The predicted molar refractivity (Wildman–Crippen MR) is 108 cm³/mol. The molecule has 26 heavy (non-hydrogen) atoms. The zero-order valence-electron chi connectivity index (χ0n) is 15.8. The van der Waals surface area contributed by atoms with Crippen LogP contribution >= 0.6 is 11.3 Å². The molecule has 2 heterocycles. The first-order valence-electron chi connectivity index (χ1n) is 9.72. The van der Waals surface area contributed by atoms with Gasteiger partial charge in [0.25, 0.3) is 5.91 Å². The Labute approximate surface area is 160 Å². The van der Waals surface area contributed by atoms with Gasteiger partial charge in [-0.3, -0.25) is 9.69 Å². The van der Waals surface area contributed by atoms with Gasteiger partial charge in [-0.15, -0.1) is 11.3 Å². The van der Waals surface area contributed by atoms with E-state index in [1.54, 1.807) is 0 Å². The molecule has 1 N–H and O–H groups in total. The van der Waals surface area contributed by atoms with E-state index >= 15 is 0 Å². The van der Waals surface area contributed by atoms with Gasteiger partial charge in [-0.2, -0.15) is 0 Å². The van der Waals surface area contributed by atoms with Gasteiger partial charge in [0.05, 0.1) is 16.7 Å². The number of hydrogen-bond acceptors (Lipinski definition) is 4. The van der Waals surface area contributed by atoms with E-state index in [1.807, 2.05) is 6.92 Å². The van der Waals surface area contributed by atoms with Gasteiger partial charge < -0.3 is 5.32 Å². The van der Waals surface area contributed by atoms with Crippen molar-refractivity contribution in [3.8, 4) is 0 Å². The highest BCUT2D eigenvalue weighted by Crippen LogP contribution is 2.24. The Morgan fingerprint density at radius 2 is 1.88 bits per heavy atom. The molecule has 1 amide bonds. The lowest BCUT2D eigenvalue weighted by molar-refractivity contribution is 0.0936. The topological polar surface area (TPSA) is 45.2 Å². The zero-order valence-corrected chi connectivity index (χ0v) is 16.6. The van der Waals surface area contributed by atoms with Gasteiger partial charge in [0.2, 0.25) is 0 Å². The van der Waals surface area contributed by atoms with Crippen molar-refractivity contribution in [2.75, 3.05) is 19.6 Å². The van der Waals surface area contributed by atoms with Crippen molar-refractivity contribution in [3.05, 3.63) is 51.5 Å². The Balaban J connectivity index is 1.72. The number of rotatable bonds is 6. The van der Waals surface area contributed by atoms with Crippen LogP contribution in [0.2, 0.25) is 0 Å². The summed E-state index contributed by atoms with van der Waals surface area (Å²) in [5, 5.41) is 4.21. The first-order valence-corrected chi connectivity index (χ1v) is 10.5. The minimum atomic E-state index is 0.00968. The maximum atomic E-state index is 12.7. The SMILES string of the molecule is CCc1nc(C)c(C(=O)NC[C@@H](c2ccccc2)N2CCCCCC2)s1. The van der Waals surface area contributed by atoms with Gasteiger partial charge in [-0.05, 0) is 44.8 Å². The highest BCUT2D eigenvalue weighted by molar-refractivity contribution is 7.13. The van der Waals surface area contributed by atoms with Crippen molar-refractivity contribution in [3.63, 3.8) is 0 Å². The lowest BCUT2D eigenvalue weighted by Gasteiger charge is -2.31. The van der Waals surface area contributed by atoms with Crippen molar-refractivity contribution in [2.24, 2.45) is 0 Å². The van der Waals surface area contributed by atoms with Gasteiger partial charge >= 0.3 is 0 Å². The fourth-order valence-corrected chi connectivity index (χ4v) is 4.54. The van der Waals surface area contributed by atoms with Crippen LogP contribution in [-0.2, 0) is 6.42 Å². The summed E-state index contributed by atoms with van der Waals surface area (Å²) in [6.07, 6.45) is 5.98. The molecule has 3 rings (SSSR count). The van der Waals surface area contributed by atoms with E-state index in [1.165, 1.54) is 42.6 Å². The number of carbonyl (C=O) groups excluding carboxylic acids is 1. The van der Waals surface area contributed by atoms with E-state index < -0.39 is 0 Å². The third-order valence-electron chi connectivity index (χ3n) is 5.07. The quantitative estimate of drug-likeness (QED) is 0.820. The number of benzene rings is 1. The van der Waals surface area contributed by atoms with Crippen molar-refractivity contribution in [2.45, 2.75) is 52.0 Å². The molecule has 0 radical (unpaired) electrons. The number of hydrogen-bond donors (Lipinski definition) is 1. The van der Waals surface area contributed by atoms with Crippen LogP contribution in [0.25, 0.3) is 0 Å². The first kappa shape index (κ1) is 19.1. The fourth-order valence-electron chi connectivity index (χ4n) is 3.62. The summed E-state index contributed by atoms with van der Waals surface area (Å²) < 4.78 is 0. The molecule has 1 saturated heterocycles. The number of carbonyl (C=O) groups is 1. The van der Waals surface area contributed by atoms with Crippen LogP contribution in [0, 0.1) is 6.92 Å². The largest absolute Gasteiger partial charge is 0.349 e. The summed E-state index contributed by atoms with van der Waals surface area (Å²) in [5.74, 6) is 0.00968. The van der Waals surface area contributed by atoms with E-state index in [0.29, 0.717) is 6.54 Å². The average molecular weight is 372 g/mol. The van der Waals surface area contributed by atoms with E-state index in [-0.39, 0.29) is 11.9 Å². The summed E-state index contributed by atoms with van der Waals surface area (Å²) in [4.78, 5) is 20.5. The van der Waals surface area contributed by atoms with Crippen LogP contribution in [0.5, 0.6) is 0 Å². The molecular formula is C21H29N3OS. The lowest BCUT2D eigenvalue weighted by atomic mass is 10.0. The zero-order chi connectivity index (χ0) is 18.4. The van der Waals surface area contributed by atoms with Crippen LogP contribution in [-0.4, -0.2) is 35.4 Å². The summed E-state index contributed by atoms with van der Waals surface area (Å²) in [5.41, 5.74) is 2.13. The van der Waals surface area contributed by atoms with E-state index in [2.05, 4.69) is 52.5 Å². The molecule has 2 aromatic rings. The highest BCUT2D eigenvalue weighted by Gasteiger charge is 2.23. The van der Waals surface area contributed by atoms with Gasteiger partial charge in [0.15, 0.2) is 0 Å². The van der Waals surface area contributed by atoms with Crippen molar-refractivity contribution in [1.82, 2.24) is 15.2 Å². The Morgan fingerprint density at radius 1 is 1.19 bits per heavy atom. The molecule has 0 spiro atoms. The number of likely N-dealkylation sites (tertiary alicyclic amines) is 1. The first-order chi connectivity index (χ1) is 12.7. The molecular weight excluding hydrogens is 342 g/mol. The van der Waals surface area contributed by atoms with Crippen LogP contribution in [0.15, 0.2) is 30.3 Å². The smallest absolute Gasteiger partial charge is 0.263 e. The van der Waals surface area contributed by atoms with Crippen LogP contribution < -0.4 is 5.32 Å². The molecule has 4 nitrogen and oxygen atoms in total. The molecule has 0 aliphatic carbocycles. The van der Waals surface area contributed by atoms with Crippen LogP contribution in [0.1, 0.15) is 64.6 Å². The molecule has 0 bridgehead atoms.